The number of nitrogens with two attached hydrogens (primary N) is 1. The van der Waals surface area contributed by atoms with E-state index in [1.54, 1.807) is 30.3 Å². The summed E-state index contributed by atoms with van der Waals surface area (Å²) in [5.74, 6) is -1.23. The summed E-state index contributed by atoms with van der Waals surface area (Å²) in [7, 11) is -3.58. The van der Waals surface area contributed by atoms with E-state index < -0.39 is 15.9 Å². The number of benzene rings is 2. The Kier molecular flexibility index (Phi) is 6.62. The summed E-state index contributed by atoms with van der Waals surface area (Å²) in [6, 6.07) is 12.1. The fourth-order valence-corrected chi connectivity index (χ4v) is 5.96. The lowest BCUT2D eigenvalue weighted by atomic mass is 9.92. The third-order valence-corrected chi connectivity index (χ3v) is 8.23. The highest BCUT2D eigenvalue weighted by atomic mass is 32.2. The Morgan fingerprint density at radius 2 is 1.72 bits per heavy atom. The van der Waals surface area contributed by atoms with E-state index in [1.807, 2.05) is 12.1 Å². The van der Waals surface area contributed by atoms with Gasteiger partial charge in [-0.1, -0.05) is 18.2 Å². The van der Waals surface area contributed by atoms with Crippen molar-refractivity contribution in [1.29, 1.82) is 0 Å². The monoisotopic (exact) mass is 456 g/mol. The highest BCUT2D eigenvalue weighted by Gasteiger charge is 2.33. The molecule has 1 aliphatic heterocycles. The van der Waals surface area contributed by atoms with Crippen LogP contribution in [0, 0.1) is 5.92 Å². The number of nitrogens with zero attached hydrogens (tertiary/aromatic N) is 1. The topological polar surface area (TPSA) is 107 Å². The van der Waals surface area contributed by atoms with E-state index in [0.717, 1.165) is 31.2 Å². The Labute approximate surface area is 188 Å². The maximum absolute atomic E-state index is 13.1. The zero-order chi connectivity index (χ0) is 22.7. The van der Waals surface area contributed by atoms with Gasteiger partial charge in [0.05, 0.1) is 10.8 Å². The second-order valence-electron chi connectivity index (χ2n) is 8.49. The number of esters is 1. The van der Waals surface area contributed by atoms with Gasteiger partial charge in [0.15, 0.2) is 0 Å². The van der Waals surface area contributed by atoms with Crippen LogP contribution in [-0.2, 0) is 39.0 Å². The molecule has 2 N–H and O–H groups in total. The minimum Gasteiger partial charge on any atom is -0.461 e. The van der Waals surface area contributed by atoms with Crippen molar-refractivity contribution >= 4 is 21.9 Å². The van der Waals surface area contributed by atoms with Gasteiger partial charge in [0.2, 0.25) is 15.9 Å². The summed E-state index contributed by atoms with van der Waals surface area (Å²) in [4.78, 5) is 24.1. The van der Waals surface area contributed by atoms with Gasteiger partial charge in [-0.15, -0.1) is 0 Å². The lowest BCUT2D eigenvalue weighted by Crippen LogP contribution is -2.40. The summed E-state index contributed by atoms with van der Waals surface area (Å²) in [6.07, 6.45) is 5.02. The fourth-order valence-electron chi connectivity index (χ4n) is 4.44. The predicted molar refractivity (Wildman–Crippen MR) is 119 cm³/mol. The van der Waals surface area contributed by atoms with Crippen LogP contribution in [0.2, 0.25) is 0 Å². The van der Waals surface area contributed by atoms with Crippen molar-refractivity contribution in [2.45, 2.75) is 50.0 Å². The van der Waals surface area contributed by atoms with Crippen molar-refractivity contribution in [3.8, 4) is 0 Å². The van der Waals surface area contributed by atoms with Gasteiger partial charge in [0, 0.05) is 18.7 Å². The highest BCUT2D eigenvalue weighted by molar-refractivity contribution is 7.89. The number of ether oxygens (including phenoxy) is 1. The first-order valence-electron chi connectivity index (χ1n) is 11.0. The van der Waals surface area contributed by atoms with Gasteiger partial charge in [0.1, 0.15) is 6.61 Å². The number of primary amides is 1. The van der Waals surface area contributed by atoms with Gasteiger partial charge < -0.3 is 10.5 Å². The van der Waals surface area contributed by atoms with Gasteiger partial charge in [-0.25, -0.2) is 8.42 Å². The number of amides is 1. The van der Waals surface area contributed by atoms with Crippen molar-refractivity contribution in [3.63, 3.8) is 0 Å². The summed E-state index contributed by atoms with van der Waals surface area (Å²) < 4.78 is 33.1. The molecule has 4 rings (SSSR count). The third kappa shape index (κ3) is 4.86. The molecule has 0 unspecified atom stereocenters. The number of carbonyl (C=O) groups excluding carboxylic acids is 2. The van der Waals surface area contributed by atoms with E-state index in [9.17, 15) is 18.0 Å². The van der Waals surface area contributed by atoms with Crippen molar-refractivity contribution in [2.24, 2.45) is 11.7 Å². The molecule has 32 heavy (non-hydrogen) atoms. The van der Waals surface area contributed by atoms with Gasteiger partial charge in [0.25, 0.3) is 0 Å². The van der Waals surface area contributed by atoms with Crippen LogP contribution in [0.25, 0.3) is 0 Å². The molecule has 7 nitrogen and oxygen atoms in total. The molecule has 8 heteroatoms. The maximum Gasteiger partial charge on any atom is 0.309 e. The summed E-state index contributed by atoms with van der Waals surface area (Å²) in [5, 5.41) is 0. The smallest absolute Gasteiger partial charge is 0.309 e. The minimum atomic E-state index is -3.58. The van der Waals surface area contributed by atoms with Crippen LogP contribution in [0.4, 0.5) is 0 Å². The van der Waals surface area contributed by atoms with E-state index in [4.69, 9.17) is 10.5 Å². The number of sulfonamides is 1. The molecule has 2 aliphatic rings. The largest absolute Gasteiger partial charge is 0.461 e. The molecule has 0 aromatic heterocycles. The second-order valence-corrected chi connectivity index (χ2v) is 10.4. The summed E-state index contributed by atoms with van der Waals surface area (Å²) in [5.41, 5.74) is 8.71. The number of rotatable bonds is 6. The van der Waals surface area contributed by atoms with Crippen LogP contribution in [-0.4, -0.2) is 37.7 Å². The Morgan fingerprint density at radius 1 is 1.00 bits per heavy atom. The zero-order valence-electron chi connectivity index (χ0n) is 18.0. The molecule has 2 aromatic rings. The van der Waals surface area contributed by atoms with E-state index >= 15 is 0 Å². The normalized spacial score (nSPS) is 17.5. The Bertz CT molecular complexity index is 1120. The van der Waals surface area contributed by atoms with Gasteiger partial charge in [-0.2, -0.15) is 4.31 Å². The summed E-state index contributed by atoms with van der Waals surface area (Å²) >= 11 is 0. The Balaban J connectivity index is 1.34. The first-order chi connectivity index (χ1) is 15.3. The first-order valence-corrected chi connectivity index (χ1v) is 12.5. The molecule has 0 spiro atoms. The molecular formula is C24H28N2O5S. The van der Waals surface area contributed by atoms with Crippen molar-refractivity contribution in [2.75, 3.05) is 13.1 Å². The molecule has 0 atom stereocenters. The lowest BCUT2D eigenvalue weighted by molar-refractivity contribution is -0.151. The van der Waals surface area contributed by atoms with Gasteiger partial charge in [-0.3, -0.25) is 9.59 Å². The van der Waals surface area contributed by atoms with Crippen LogP contribution >= 0.6 is 0 Å². The quantitative estimate of drug-likeness (QED) is 0.673. The van der Waals surface area contributed by atoms with Crippen LogP contribution in [0.15, 0.2) is 47.4 Å². The van der Waals surface area contributed by atoms with E-state index in [-0.39, 0.29) is 31.6 Å². The first kappa shape index (κ1) is 22.5. The standard InChI is InChI=1S/C24H28N2O5S/c25-23(27)21-7-3-4-17(14-21)16-31-24(28)19-10-12-26(13-11-19)32(29,30)22-9-8-18-5-1-2-6-20(18)15-22/h3-4,7-9,14-15,19H,1-2,5-6,10-13,16H2,(H2,25,27). The fraction of sp³-hybridized carbons (Fsp3) is 0.417. The number of carbonyl (C=O) groups is 2. The molecule has 170 valence electrons. The lowest BCUT2D eigenvalue weighted by Gasteiger charge is -2.30. The molecule has 1 amide bonds. The molecule has 2 aromatic carbocycles. The third-order valence-electron chi connectivity index (χ3n) is 6.34. The number of fused-ring (bicyclic) bond motifs is 1. The number of aryl methyl sites for hydroxylation is 2. The number of hydrogen-bond donors (Lipinski definition) is 1. The Hall–Kier alpha value is -2.71. The SMILES string of the molecule is NC(=O)c1cccc(COC(=O)C2CCN(S(=O)(=O)c3ccc4c(c3)CCCC4)CC2)c1. The van der Waals surface area contributed by atoms with E-state index in [2.05, 4.69) is 0 Å². The van der Waals surface area contributed by atoms with Crippen LogP contribution in [0.1, 0.15) is 52.7 Å². The maximum atomic E-state index is 13.1. The predicted octanol–water partition coefficient (Wildman–Crippen LogP) is 2.81. The highest BCUT2D eigenvalue weighted by Crippen LogP contribution is 2.28. The zero-order valence-corrected chi connectivity index (χ0v) is 18.8. The molecule has 0 radical (unpaired) electrons. The molecule has 0 bridgehead atoms. The summed E-state index contributed by atoms with van der Waals surface area (Å²) in [6.45, 7) is 0.625. The average molecular weight is 457 g/mol. The average Bonchev–Trinajstić information content (AvgIpc) is 2.82. The van der Waals surface area contributed by atoms with Crippen molar-refractivity contribution in [3.05, 3.63) is 64.7 Å². The number of piperidine rings is 1. The Morgan fingerprint density at radius 3 is 2.44 bits per heavy atom. The van der Waals surface area contributed by atoms with Gasteiger partial charge >= 0.3 is 5.97 Å². The van der Waals surface area contributed by atoms with Crippen LogP contribution < -0.4 is 5.73 Å². The van der Waals surface area contributed by atoms with E-state index in [0.29, 0.717) is 28.9 Å². The molecule has 1 aliphatic carbocycles. The van der Waals surface area contributed by atoms with Crippen LogP contribution in [0.3, 0.4) is 0 Å². The van der Waals surface area contributed by atoms with E-state index in [1.165, 1.54) is 9.87 Å². The second kappa shape index (κ2) is 9.42. The molecular weight excluding hydrogens is 428 g/mol. The molecule has 1 fully saturated rings. The van der Waals surface area contributed by atoms with Crippen molar-refractivity contribution in [1.82, 2.24) is 4.31 Å². The molecule has 1 heterocycles. The molecule has 1 saturated heterocycles. The number of hydrogen-bond acceptors (Lipinski definition) is 5. The van der Waals surface area contributed by atoms with Crippen LogP contribution in [0.5, 0.6) is 0 Å². The van der Waals surface area contributed by atoms with Gasteiger partial charge in [-0.05, 0) is 79.5 Å². The molecule has 0 saturated carbocycles. The minimum absolute atomic E-state index is 0.0492. The van der Waals surface area contributed by atoms with Crippen molar-refractivity contribution < 1.29 is 22.7 Å².